The van der Waals surface area contributed by atoms with Crippen LogP contribution in [0.3, 0.4) is 0 Å². The molecule has 37 nitrogen and oxygen atoms in total. The summed E-state index contributed by atoms with van der Waals surface area (Å²) < 4.78 is 244. The summed E-state index contributed by atoms with van der Waals surface area (Å²) in [6, 6.07) is 7.61. The van der Waals surface area contributed by atoms with E-state index in [4.69, 9.17) is 5.73 Å². The number of carbonyl (C=O) groups is 1. The van der Waals surface area contributed by atoms with Crippen molar-refractivity contribution in [1.29, 1.82) is 0 Å². The number of nitrogens with zero attached hydrogens (tertiary/aromatic N) is 9. The number of phenolic OH excluding ortho intramolecular Hbond substituents is 2. The van der Waals surface area contributed by atoms with Gasteiger partial charge in [0.25, 0.3) is 76.5 Å². The van der Waals surface area contributed by atoms with Gasteiger partial charge in [0.1, 0.15) is 63.5 Å². The van der Waals surface area contributed by atoms with Crippen molar-refractivity contribution >= 4 is 155 Å². The summed E-state index contributed by atoms with van der Waals surface area (Å²) in [5, 5.41) is 68.2. The third-order valence-electron chi connectivity index (χ3n) is 10.8. The number of nitro groups is 1. The van der Waals surface area contributed by atoms with Crippen LogP contribution >= 0.6 is 0 Å². The van der Waals surface area contributed by atoms with Crippen LogP contribution in [0, 0.1) is 10.1 Å². The Hall–Kier alpha value is -8.90. The van der Waals surface area contributed by atoms with Gasteiger partial charge in [0, 0.05) is 22.2 Å². The van der Waals surface area contributed by atoms with Crippen molar-refractivity contribution in [2.45, 2.75) is 34.3 Å². The molecule has 436 valence electrons. The zero-order valence-corrected chi connectivity index (χ0v) is 45.2. The number of carboxylic acids is 1. The Balaban J connectivity index is 1.38. The van der Waals surface area contributed by atoms with Gasteiger partial charge in [0.2, 0.25) is 0 Å². The molecule has 0 radical (unpaired) electrons. The van der Waals surface area contributed by atoms with Gasteiger partial charge in [-0.15, -0.1) is 35.8 Å². The van der Waals surface area contributed by atoms with E-state index >= 15 is 0 Å². The topological polar surface area (TPSA) is 626 Å². The van der Waals surface area contributed by atoms with Crippen LogP contribution in [0.2, 0.25) is 0 Å². The van der Waals surface area contributed by atoms with Gasteiger partial charge in [0.15, 0.2) is 17.2 Å². The first-order valence-electron chi connectivity index (χ1n) is 20.7. The Kier molecular flexibility index (Phi) is 15.9. The van der Waals surface area contributed by atoms with Crippen LogP contribution in [0.15, 0.2) is 160 Å². The number of benzene rings is 7. The van der Waals surface area contributed by atoms with Crippen LogP contribution in [0.5, 0.6) is 11.5 Å². The van der Waals surface area contributed by atoms with E-state index in [-0.39, 0.29) is 18.2 Å². The molecule has 0 aliphatic heterocycles. The molecule has 7 rings (SSSR count). The normalized spacial score (nSPS) is 13.3. The molecule has 7 aromatic carbocycles. The molecule has 0 bridgehead atoms. The number of fused-ring (bicyclic) bond motifs is 2. The SMILES string of the molecule is Nc1c(N=Nc2ccc3c(O)c(N=Nc4ccc(N=Nc5cc(S(=O)(=O)O)ccc5C(=O)O)cc4S(=O)(=O)O)c(S(=O)(=O)O)cc3c2S(=O)(=O)O)cc(S(=O)(=O)O)c2cc(S(=O)(=O)O)c(N=Nc3ccc(S(=O)(=O)O)cc3[N+](=O)[O-])c(O)c12. The van der Waals surface area contributed by atoms with Gasteiger partial charge < -0.3 is 21.1 Å². The molecule has 12 N–H and O–H groups in total. The van der Waals surface area contributed by atoms with Gasteiger partial charge in [-0.3, -0.25) is 42.0 Å². The second-order valence-electron chi connectivity index (χ2n) is 16.1. The summed E-state index contributed by atoms with van der Waals surface area (Å²) in [5.74, 6) is -4.67. The Morgan fingerprint density at radius 3 is 1.43 bits per heavy atom. The molecule has 7 aromatic rings. The summed E-state index contributed by atoms with van der Waals surface area (Å²) in [6.07, 6.45) is 0. The number of nitrogen functional groups attached to an aromatic ring is 1. The minimum absolute atomic E-state index is 0.232. The van der Waals surface area contributed by atoms with Gasteiger partial charge in [-0.05, 0) is 78.9 Å². The maximum Gasteiger partial charge on any atom is 0.337 e. The molecule has 0 aliphatic rings. The summed E-state index contributed by atoms with van der Waals surface area (Å²) in [4.78, 5) is 13.1. The number of hydrogen-bond donors (Lipinski definition) is 11. The fourth-order valence-electron chi connectivity index (χ4n) is 7.23. The van der Waals surface area contributed by atoms with Crippen molar-refractivity contribution < 1.29 is 116 Å². The molecule has 0 amide bonds. The van der Waals surface area contributed by atoms with Gasteiger partial charge in [-0.1, -0.05) is 0 Å². The summed E-state index contributed by atoms with van der Waals surface area (Å²) in [7, 11) is -38.3. The number of aromatic carboxylic acids is 1. The average Bonchev–Trinajstić information content (AvgIpc) is 1.13. The second-order valence-corrected chi connectivity index (χ2v) is 25.8. The number of anilines is 1. The Labute approximate surface area is 461 Å². The van der Waals surface area contributed by atoms with Crippen LogP contribution in [-0.2, 0) is 70.8 Å². The summed E-state index contributed by atoms with van der Waals surface area (Å²) >= 11 is 0. The maximum absolute atomic E-state index is 13.1. The molecular weight excluding hydrogens is 1260 g/mol. The highest BCUT2D eigenvalue weighted by Gasteiger charge is 2.32. The first kappa shape index (κ1) is 61.7. The van der Waals surface area contributed by atoms with Crippen LogP contribution < -0.4 is 5.73 Å². The monoisotopic (exact) mass is 1290 g/mol. The third kappa shape index (κ3) is 12.9. The molecule has 0 heterocycles. The van der Waals surface area contributed by atoms with E-state index in [2.05, 4.69) is 40.9 Å². The summed E-state index contributed by atoms with van der Waals surface area (Å²) in [5.41, 5.74) is -4.59. The number of carboxylic acid groups (broad SMARTS) is 1. The predicted molar refractivity (Wildman–Crippen MR) is 274 cm³/mol. The number of rotatable bonds is 17. The quantitative estimate of drug-likeness (QED) is 0.0144. The molecular formula is C39H26N10O27S7. The molecule has 44 heteroatoms. The summed E-state index contributed by atoms with van der Waals surface area (Å²) in [6.45, 7) is 0. The fourth-order valence-corrected chi connectivity index (χ4v) is 11.7. The molecule has 83 heavy (non-hydrogen) atoms. The van der Waals surface area contributed by atoms with Gasteiger partial charge in [0.05, 0.1) is 32.1 Å². The average molecular weight is 1290 g/mol. The number of hydrogen-bond acceptors (Lipinski definition) is 28. The van der Waals surface area contributed by atoms with E-state index in [0.29, 0.717) is 54.6 Å². The largest absolute Gasteiger partial charge is 0.505 e. The minimum atomic E-state index is -5.80. The first-order chi connectivity index (χ1) is 38.0. The van der Waals surface area contributed by atoms with E-state index in [9.17, 15) is 121 Å². The van der Waals surface area contributed by atoms with Gasteiger partial charge in [-0.25, -0.2) is 4.79 Å². The molecule has 0 unspecified atom stereocenters. The Morgan fingerprint density at radius 1 is 0.434 bits per heavy atom. The second kappa shape index (κ2) is 21.5. The molecule has 0 saturated heterocycles. The van der Waals surface area contributed by atoms with Crippen molar-refractivity contribution in [2.24, 2.45) is 40.9 Å². The number of nitrogens with two attached hydrogens (primary N) is 1. The molecule has 0 aliphatic carbocycles. The molecule has 0 saturated carbocycles. The van der Waals surface area contributed by atoms with Gasteiger partial charge >= 0.3 is 5.97 Å². The standard InChI is InChI=1S/C39H26N10O27S7/c40-33-26(14-28(79(62,63)64)21-13-31(82(71,72)73)35(37(51)32(21)33)48-42-22-7-3-17(78(59,60)61)11-27(22)49(54)55)46-44-24-8-5-18-20(38(24)83(74,75)76)12-30(81(68,69)70)34(36(18)50)47-43-23-6-1-15(9-29(23)80(65,66)67)41-45-25-10-16(77(56,57)58)2-4-19(25)39(52)53/h1-14,50-51H,40H2,(H,52,53)(H,56,57,58)(H,59,60,61)(H,62,63,64)(H,65,66,67)(H,68,69,70)(H,71,72,73)(H,74,75,76). The van der Waals surface area contributed by atoms with Crippen LogP contribution in [0.25, 0.3) is 21.5 Å². The third-order valence-corrected chi connectivity index (χ3v) is 16.9. The van der Waals surface area contributed by atoms with Crippen LogP contribution in [0.4, 0.5) is 56.9 Å². The lowest BCUT2D eigenvalue weighted by Gasteiger charge is -2.14. The lowest BCUT2D eigenvalue weighted by atomic mass is 10.0. The van der Waals surface area contributed by atoms with Crippen molar-refractivity contribution in [3.05, 3.63) is 101 Å². The van der Waals surface area contributed by atoms with Crippen molar-refractivity contribution in [3.8, 4) is 11.5 Å². The van der Waals surface area contributed by atoms with E-state index in [1.807, 2.05) is 0 Å². The maximum atomic E-state index is 13.1. The molecule has 0 atom stereocenters. The number of azo groups is 4. The number of nitro benzene ring substituents is 1. The van der Waals surface area contributed by atoms with E-state index < -0.39 is 211 Å². The lowest BCUT2D eigenvalue weighted by Crippen LogP contribution is -2.04. The van der Waals surface area contributed by atoms with E-state index in [0.717, 1.165) is 12.1 Å². The fraction of sp³-hybridized carbons (Fsp3) is 0. The highest BCUT2D eigenvalue weighted by molar-refractivity contribution is 7.87. The van der Waals surface area contributed by atoms with Crippen LogP contribution in [-0.4, -0.2) is 117 Å². The molecule has 0 fully saturated rings. The smallest absolute Gasteiger partial charge is 0.337 e. The number of aromatic hydroxyl groups is 2. The highest BCUT2D eigenvalue weighted by atomic mass is 32.2. The molecule has 0 aromatic heterocycles. The lowest BCUT2D eigenvalue weighted by molar-refractivity contribution is -0.384. The number of phenols is 2. The van der Waals surface area contributed by atoms with Crippen molar-refractivity contribution in [2.75, 3.05) is 5.73 Å². The first-order valence-corrected chi connectivity index (χ1v) is 30.8. The minimum Gasteiger partial charge on any atom is -0.505 e. The Morgan fingerprint density at radius 2 is 0.904 bits per heavy atom. The molecule has 0 spiro atoms. The van der Waals surface area contributed by atoms with E-state index in [1.165, 1.54) is 0 Å². The predicted octanol–water partition coefficient (Wildman–Crippen LogP) is 6.98. The van der Waals surface area contributed by atoms with Crippen molar-refractivity contribution in [3.63, 3.8) is 0 Å². The van der Waals surface area contributed by atoms with Crippen LogP contribution in [0.1, 0.15) is 10.4 Å². The highest BCUT2D eigenvalue weighted by Crippen LogP contribution is 2.50. The Bertz CT molecular complexity index is 5040. The van der Waals surface area contributed by atoms with E-state index in [1.54, 1.807) is 0 Å². The zero-order chi connectivity index (χ0) is 62.1. The van der Waals surface area contributed by atoms with Gasteiger partial charge in [-0.2, -0.15) is 64.0 Å². The van der Waals surface area contributed by atoms with Crippen molar-refractivity contribution in [1.82, 2.24) is 0 Å². The zero-order valence-electron chi connectivity index (χ0n) is 39.5.